The van der Waals surface area contributed by atoms with Crippen LogP contribution in [0.5, 0.6) is 0 Å². The molecule has 128 valence electrons. The highest BCUT2D eigenvalue weighted by atomic mass is 16.6. The molecule has 0 aliphatic carbocycles. The predicted molar refractivity (Wildman–Crippen MR) is 84.3 cm³/mol. The van der Waals surface area contributed by atoms with Gasteiger partial charge in [-0.25, -0.2) is 4.79 Å². The molecule has 0 spiro atoms. The highest BCUT2D eigenvalue weighted by Gasteiger charge is 2.26. The highest BCUT2D eigenvalue weighted by molar-refractivity contribution is 5.85. The van der Waals surface area contributed by atoms with E-state index in [2.05, 4.69) is 16.0 Å². The van der Waals surface area contributed by atoms with E-state index in [-0.39, 0.29) is 11.8 Å². The number of rotatable bonds is 9. The topological polar surface area (TPSA) is 96.5 Å². The molecule has 0 saturated carbocycles. The third kappa shape index (κ3) is 10.0. The van der Waals surface area contributed by atoms with E-state index in [1.165, 1.54) is 0 Å². The standard InChI is InChI=1S/C15H29N3O4/c1-11(2)12(18-14(21)22-15(3,4)5)13(20)17-9-7-6-8-16-10-19/h10-12H,6-9H2,1-5H3,(H,16,19)(H,17,20)(H,18,21). The lowest BCUT2D eigenvalue weighted by Crippen LogP contribution is -2.51. The maximum atomic E-state index is 12.1. The molecule has 1 unspecified atom stereocenters. The molecular formula is C15H29N3O4. The van der Waals surface area contributed by atoms with Crippen LogP contribution < -0.4 is 16.0 Å². The minimum absolute atomic E-state index is 0.0516. The number of carbonyl (C=O) groups excluding carboxylic acids is 3. The van der Waals surface area contributed by atoms with Crippen molar-refractivity contribution in [3.63, 3.8) is 0 Å². The van der Waals surface area contributed by atoms with Crippen LogP contribution in [0, 0.1) is 5.92 Å². The first-order valence-electron chi connectivity index (χ1n) is 7.61. The molecule has 7 heteroatoms. The van der Waals surface area contributed by atoms with Gasteiger partial charge < -0.3 is 20.7 Å². The number of hydrogen-bond donors (Lipinski definition) is 3. The van der Waals surface area contributed by atoms with Gasteiger partial charge in [0.25, 0.3) is 0 Å². The quantitative estimate of drug-likeness (QED) is 0.440. The van der Waals surface area contributed by atoms with Gasteiger partial charge in [-0.1, -0.05) is 13.8 Å². The molecule has 0 aliphatic rings. The number of nitrogens with one attached hydrogen (secondary N) is 3. The number of amides is 3. The summed E-state index contributed by atoms with van der Waals surface area (Å²) in [6.45, 7) is 10.1. The lowest BCUT2D eigenvalue weighted by Gasteiger charge is -2.25. The van der Waals surface area contributed by atoms with Crippen LogP contribution in [0.4, 0.5) is 4.79 Å². The fourth-order valence-electron chi connectivity index (χ4n) is 1.70. The van der Waals surface area contributed by atoms with Crippen molar-refractivity contribution in [2.75, 3.05) is 13.1 Å². The summed E-state index contributed by atoms with van der Waals surface area (Å²) in [6.07, 6.45) is 1.59. The Kier molecular flexibility index (Phi) is 9.21. The van der Waals surface area contributed by atoms with Gasteiger partial charge in [-0.05, 0) is 39.5 Å². The van der Waals surface area contributed by atoms with Crippen LogP contribution in [-0.2, 0) is 14.3 Å². The van der Waals surface area contributed by atoms with E-state index in [0.717, 1.165) is 12.8 Å². The zero-order valence-electron chi connectivity index (χ0n) is 14.2. The molecule has 0 fully saturated rings. The molecule has 7 nitrogen and oxygen atoms in total. The SMILES string of the molecule is CC(C)C(NC(=O)OC(C)(C)C)C(=O)NCCCCNC=O. The first kappa shape index (κ1) is 20.2. The number of hydrogen-bond acceptors (Lipinski definition) is 4. The molecule has 0 aliphatic heterocycles. The molecule has 0 heterocycles. The lowest BCUT2D eigenvalue weighted by molar-refractivity contribution is -0.124. The Morgan fingerprint density at radius 1 is 1.14 bits per heavy atom. The van der Waals surface area contributed by atoms with Crippen molar-refractivity contribution in [2.45, 2.75) is 59.1 Å². The average Bonchev–Trinajstić information content (AvgIpc) is 2.37. The summed E-state index contributed by atoms with van der Waals surface area (Å²) in [7, 11) is 0. The van der Waals surface area contributed by atoms with E-state index in [4.69, 9.17) is 4.74 Å². The van der Waals surface area contributed by atoms with Gasteiger partial charge in [0.1, 0.15) is 11.6 Å². The second-order valence-corrected chi connectivity index (χ2v) is 6.44. The summed E-state index contributed by atoms with van der Waals surface area (Å²) in [5, 5.41) is 7.94. The van der Waals surface area contributed by atoms with Crippen molar-refractivity contribution < 1.29 is 19.1 Å². The number of carbonyl (C=O) groups is 3. The normalized spacial score (nSPS) is 12.5. The molecule has 3 amide bonds. The summed E-state index contributed by atoms with van der Waals surface area (Å²) in [6, 6.07) is -0.636. The summed E-state index contributed by atoms with van der Waals surface area (Å²) >= 11 is 0. The number of unbranched alkanes of at least 4 members (excludes halogenated alkanes) is 1. The van der Waals surface area contributed by atoms with Crippen molar-refractivity contribution in [3.8, 4) is 0 Å². The molecule has 0 rings (SSSR count). The third-order valence-corrected chi connectivity index (χ3v) is 2.75. The van der Waals surface area contributed by atoms with Gasteiger partial charge in [-0.15, -0.1) is 0 Å². The third-order valence-electron chi connectivity index (χ3n) is 2.75. The minimum atomic E-state index is -0.636. The Balaban J connectivity index is 4.23. The van der Waals surface area contributed by atoms with Crippen molar-refractivity contribution in [2.24, 2.45) is 5.92 Å². The van der Waals surface area contributed by atoms with Crippen molar-refractivity contribution >= 4 is 18.4 Å². The van der Waals surface area contributed by atoms with Crippen LogP contribution in [0.1, 0.15) is 47.5 Å². The molecular weight excluding hydrogens is 286 g/mol. The smallest absolute Gasteiger partial charge is 0.408 e. The minimum Gasteiger partial charge on any atom is -0.444 e. The maximum Gasteiger partial charge on any atom is 0.408 e. The van der Waals surface area contributed by atoms with E-state index in [1.54, 1.807) is 20.8 Å². The summed E-state index contributed by atoms with van der Waals surface area (Å²) in [5.74, 6) is -0.284. The molecule has 0 radical (unpaired) electrons. The van der Waals surface area contributed by atoms with Gasteiger partial charge in [-0.3, -0.25) is 9.59 Å². The van der Waals surface area contributed by atoms with Gasteiger partial charge in [0, 0.05) is 13.1 Å². The average molecular weight is 315 g/mol. The molecule has 0 aromatic rings. The molecule has 22 heavy (non-hydrogen) atoms. The van der Waals surface area contributed by atoms with Crippen LogP contribution in [0.2, 0.25) is 0 Å². The Bertz CT molecular complexity index is 364. The lowest BCUT2D eigenvalue weighted by atomic mass is 10.0. The van der Waals surface area contributed by atoms with Crippen molar-refractivity contribution in [1.82, 2.24) is 16.0 Å². The van der Waals surface area contributed by atoms with Gasteiger partial charge in [0.15, 0.2) is 0 Å². The van der Waals surface area contributed by atoms with Gasteiger partial charge in [0.2, 0.25) is 12.3 Å². The first-order chi connectivity index (χ1) is 10.2. The van der Waals surface area contributed by atoms with Crippen LogP contribution in [0.15, 0.2) is 0 Å². The Labute approximate surface area is 132 Å². The van der Waals surface area contributed by atoms with E-state index < -0.39 is 17.7 Å². The molecule has 0 aromatic heterocycles. The Morgan fingerprint density at radius 3 is 2.23 bits per heavy atom. The largest absolute Gasteiger partial charge is 0.444 e. The molecule has 0 aromatic carbocycles. The van der Waals surface area contributed by atoms with Crippen LogP contribution in [0.3, 0.4) is 0 Å². The second-order valence-electron chi connectivity index (χ2n) is 6.44. The summed E-state index contributed by atoms with van der Waals surface area (Å²) in [4.78, 5) is 34.0. The Morgan fingerprint density at radius 2 is 1.73 bits per heavy atom. The molecule has 3 N–H and O–H groups in total. The number of ether oxygens (including phenoxy) is 1. The zero-order valence-corrected chi connectivity index (χ0v) is 14.2. The van der Waals surface area contributed by atoms with Gasteiger partial charge in [0.05, 0.1) is 0 Å². The van der Waals surface area contributed by atoms with Gasteiger partial charge >= 0.3 is 6.09 Å². The first-order valence-corrected chi connectivity index (χ1v) is 7.61. The van der Waals surface area contributed by atoms with Crippen LogP contribution in [0.25, 0.3) is 0 Å². The van der Waals surface area contributed by atoms with E-state index in [9.17, 15) is 14.4 Å². The fourth-order valence-corrected chi connectivity index (χ4v) is 1.70. The van der Waals surface area contributed by atoms with Crippen molar-refractivity contribution in [1.29, 1.82) is 0 Å². The monoisotopic (exact) mass is 315 g/mol. The molecule has 1 atom stereocenters. The second kappa shape index (κ2) is 10.0. The van der Waals surface area contributed by atoms with E-state index >= 15 is 0 Å². The van der Waals surface area contributed by atoms with Crippen molar-refractivity contribution in [3.05, 3.63) is 0 Å². The zero-order chi connectivity index (χ0) is 17.2. The van der Waals surface area contributed by atoms with Crippen LogP contribution in [-0.4, -0.2) is 43.1 Å². The summed E-state index contributed by atoms with van der Waals surface area (Å²) in [5.41, 5.74) is -0.604. The maximum absolute atomic E-state index is 12.1. The van der Waals surface area contributed by atoms with E-state index in [1.807, 2.05) is 13.8 Å². The van der Waals surface area contributed by atoms with E-state index in [0.29, 0.717) is 19.5 Å². The fraction of sp³-hybridized carbons (Fsp3) is 0.800. The van der Waals surface area contributed by atoms with Crippen LogP contribution >= 0.6 is 0 Å². The molecule has 0 saturated heterocycles. The number of alkyl carbamates (subject to hydrolysis) is 1. The van der Waals surface area contributed by atoms with Gasteiger partial charge in [-0.2, -0.15) is 0 Å². The Hall–Kier alpha value is -1.79. The predicted octanol–water partition coefficient (Wildman–Crippen LogP) is 1.18. The highest BCUT2D eigenvalue weighted by Crippen LogP contribution is 2.08. The summed E-state index contributed by atoms with van der Waals surface area (Å²) < 4.78 is 5.17. The molecule has 0 bridgehead atoms.